The van der Waals surface area contributed by atoms with Crippen molar-refractivity contribution in [2.75, 3.05) is 12.0 Å². The number of para-hydroxylation sites is 1. The number of aromatic nitrogens is 3. The first-order valence-electron chi connectivity index (χ1n) is 8.37. The number of imidazole rings is 1. The lowest BCUT2D eigenvalue weighted by atomic mass is 10.1. The van der Waals surface area contributed by atoms with Gasteiger partial charge in [-0.2, -0.15) is 8.78 Å². The van der Waals surface area contributed by atoms with Crippen molar-refractivity contribution in [3.63, 3.8) is 0 Å². The summed E-state index contributed by atoms with van der Waals surface area (Å²) in [5.41, 5.74) is 1.87. The average Bonchev–Trinajstić information content (AvgIpc) is 3.03. The lowest BCUT2D eigenvalue weighted by Crippen LogP contribution is -2.55. The number of nitrogens with one attached hydrogen (secondary N) is 1. The molecule has 7 nitrogen and oxygen atoms in total. The zero-order valence-electron chi connectivity index (χ0n) is 14.7. The fraction of sp³-hybridized carbons (Fsp3) is 0.333. The lowest BCUT2D eigenvalue weighted by molar-refractivity contribution is -0.253. The van der Waals surface area contributed by atoms with E-state index in [0.717, 1.165) is 0 Å². The van der Waals surface area contributed by atoms with Gasteiger partial charge in [-0.05, 0) is 25.1 Å². The smallest absolute Gasteiger partial charge is 0.427 e. The molecule has 4 rings (SSSR count). The molecule has 0 amide bonds. The van der Waals surface area contributed by atoms with Crippen LogP contribution in [0.4, 0.5) is 14.5 Å². The standard InChI is InChI=1S/C18H18F2N4O3/c1-10(25)11-5-3-7-13-15(11)27-18(19,20)17(26-2)24(13)9-14-22-12-6-4-8-21-16(12)23-14/h3-8,10,17,25H,9H2,1-2H3,(H,21,22,23)/t10-,17?/m0/s1. The van der Waals surface area contributed by atoms with Gasteiger partial charge in [-0.25, -0.2) is 9.97 Å². The van der Waals surface area contributed by atoms with Crippen LogP contribution < -0.4 is 9.64 Å². The number of nitrogens with zero attached hydrogens (tertiary/aromatic N) is 3. The molecule has 0 saturated heterocycles. The van der Waals surface area contributed by atoms with Crippen LogP contribution in [0.3, 0.4) is 0 Å². The number of halogens is 2. The van der Waals surface area contributed by atoms with E-state index in [-0.39, 0.29) is 17.9 Å². The van der Waals surface area contributed by atoms with Crippen molar-refractivity contribution in [1.82, 2.24) is 15.0 Å². The molecule has 0 radical (unpaired) electrons. The van der Waals surface area contributed by atoms with Gasteiger partial charge in [-0.3, -0.25) is 0 Å². The molecule has 0 fully saturated rings. The second-order valence-corrected chi connectivity index (χ2v) is 6.31. The van der Waals surface area contributed by atoms with Gasteiger partial charge < -0.3 is 24.5 Å². The molecule has 3 heterocycles. The second kappa shape index (κ2) is 6.43. The van der Waals surface area contributed by atoms with Gasteiger partial charge in [0.05, 0.1) is 23.9 Å². The Morgan fingerprint density at radius 3 is 2.89 bits per heavy atom. The van der Waals surface area contributed by atoms with Crippen molar-refractivity contribution in [3.05, 3.63) is 47.9 Å². The topological polar surface area (TPSA) is 83.5 Å². The molecule has 0 spiro atoms. The molecule has 27 heavy (non-hydrogen) atoms. The number of aliphatic hydroxyl groups is 1. The molecule has 2 N–H and O–H groups in total. The van der Waals surface area contributed by atoms with E-state index in [1.54, 1.807) is 36.5 Å². The van der Waals surface area contributed by atoms with Crippen molar-refractivity contribution in [2.45, 2.75) is 31.9 Å². The molecule has 1 aliphatic heterocycles. The summed E-state index contributed by atoms with van der Waals surface area (Å²) in [4.78, 5) is 12.9. The quantitative estimate of drug-likeness (QED) is 0.728. The highest BCUT2D eigenvalue weighted by molar-refractivity contribution is 5.70. The normalized spacial score (nSPS) is 19.6. The Kier molecular flexibility index (Phi) is 4.20. The summed E-state index contributed by atoms with van der Waals surface area (Å²) in [7, 11) is 1.19. The fourth-order valence-corrected chi connectivity index (χ4v) is 3.27. The summed E-state index contributed by atoms with van der Waals surface area (Å²) in [5, 5.41) is 9.94. The number of fused-ring (bicyclic) bond motifs is 2. The average molecular weight is 376 g/mol. The first-order valence-corrected chi connectivity index (χ1v) is 8.37. The summed E-state index contributed by atoms with van der Waals surface area (Å²) >= 11 is 0. The number of H-pyrrole nitrogens is 1. The fourth-order valence-electron chi connectivity index (χ4n) is 3.27. The maximum Gasteiger partial charge on any atom is 0.444 e. The van der Waals surface area contributed by atoms with Gasteiger partial charge in [-0.1, -0.05) is 12.1 Å². The number of alkyl halides is 2. The van der Waals surface area contributed by atoms with Gasteiger partial charge in [0, 0.05) is 18.9 Å². The highest BCUT2D eigenvalue weighted by Crippen LogP contribution is 2.46. The van der Waals surface area contributed by atoms with Crippen LogP contribution in [0.5, 0.6) is 5.75 Å². The van der Waals surface area contributed by atoms with Crippen LogP contribution >= 0.6 is 0 Å². The number of benzene rings is 1. The van der Waals surface area contributed by atoms with E-state index in [2.05, 4.69) is 15.0 Å². The van der Waals surface area contributed by atoms with Crippen molar-refractivity contribution < 1.29 is 23.4 Å². The molecule has 142 valence electrons. The maximum absolute atomic E-state index is 14.6. The second-order valence-electron chi connectivity index (χ2n) is 6.31. The van der Waals surface area contributed by atoms with Crippen LogP contribution in [-0.4, -0.2) is 39.5 Å². The van der Waals surface area contributed by atoms with Crippen LogP contribution in [0.2, 0.25) is 0 Å². The van der Waals surface area contributed by atoms with E-state index in [0.29, 0.717) is 22.7 Å². The monoisotopic (exact) mass is 376 g/mol. The largest absolute Gasteiger partial charge is 0.444 e. The Labute approximate surface area is 153 Å². The predicted octanol–water partition coefficient (Wildman–Crippen LogP) is 2.98. The van der Waals surface area contributed by atoms with Crippen molar-refractivity contribution in [2.24, 2.45) is 0 Å². The van der Waals surface area contributed by atoms with Crippen LogP contribution in [0.1, 0.15) is 24.4 Å². The zero-order chi connectivity index (χ0) is 19.2. The summed E-state index contributed by atoms with van der Waals surface area (Å²) in [5.74, 6) is 0.386. The van der Waals surface area contributed by atoms with E-state index in [1.807, 2.05) is 0 Å². The zero-order valence-corrected chi connectivity index (χ0v) is 14.7. The molecule has 0 bridgehead atoms. The van der Waals surface area contributed by atoms with Crippen LogP contribution in [0.15, 0.2) is 36.5 Å². The molecule has 1 aromatic carbocycles. The van der Waals surface area contributed by atoms with Crippen LogP contribution in [-0.2, 0) is 11.3 Å². The van der Waals surface area contributed by atoms with Gasteiger partial charge in [0.1, 0.15) is 5.82 Å². The van der Waals surface area contributed by atoms with E-state index in [4.69, 9.17) is 9.47 Å². The Balaban J connectivity index is 1.80. The van der Waals surface area contributed by atoms with Gasteiger partial charge in [0.15, 0.2) is 11.4 Å². The summed E-state index contributed by atoms with van der Waals surface area (Å²) < 4.78 is 39.3. The summed E-state index contributed by atoms with van der Waals surface area (Å²) in [6.45, 7) is 1.51. The molecule has 9 heteroatoms. The first kappa shape index (κ1) is 17.6. The number of aromatic amines is 1. The number of methoxy groups -OCH3 is 1. The number of hydrogen-bond donors (Lipinski definition) is 2. The molecule has 2 atom stereocenters. The Morgan fingerprint density at radius 1 is 1.37 bits per heavy atom. The van der Waals surface area contributed by atoms with E-state index >= 15 is 0 Å². The number of pyridine rings is 1. The minimum Gasteiger partial charge on any atom is -0.427 e. The molecule has 0 saturated carbocycles. The maximum atomic E-state index is 14.6. The van der Waals surface area contributed by atoms with Crippen molar-refractivity contribution >= 4 is 16.9 Å². The lowest BCUT2D eigenvalue weighted by Gasteiger charge is -2.42. The number of ether oxygens (including phenoxy) is 2. The highest BCUT2D eigenvalue weighted by Gasteiger charge is 2.52. The Morgan fingerprint density at radius 2 is 2.19 bits per heavy atom. The predicted molar refractivity (Wildman–Crippen MR) is 93.5 cm³/mol. The van der Waals surface area contributed by atoms with Crippen LogP contribution in [0.25, 0.3) is 11.2 Å². The Hall–Kier alpha value is -2.78. The van der Waals surface area contributed by atoms with Crippen molar-refractivity contribution in [3.8, 4) is 5.75 Å². The van der Waals surface area contributed by atoms with Gasteiger partial charge >= 0.3 is 6.11 Å². The molecule has 1 aliphatic rings. The van der Waals surface area contributed by atoms with E-state index in [9.17, 15) is 13.9 Å². The van der Waals surface area contributed by atoms with Gasteiger partial charge in [-0.15, -0.1) is 0 Å². The van der Waals surface area contributed by atoms with Crippen LogP contribution in [0, 0.1) is 0 Å². The van der Waals surface area contributed by atoms with Gasteiger partial charge in [0.2, 0.25) is 6.23 Å². The molecule has 0 aliphatic carbocycles. The summed E-state index contributed by atoms with van der Waals surface area (Å²) in [6, 6.07) is 8.43. The van der Waals surface area contributed by atoms with Crippen molar-refractivity contribution in [1.29, 1.82) is 0 Å². The third-order valence-electron chi connectivity index (χ3n) is 4.44. The number of anilines is 1. The molecule has 3 aromatic rings. The number of aliphatic hydroxyl groups excluding tert-OH is 1. The third kappa shape index (κ3) is 2.98. The molecular formula is C18H18F2N4O3. The number of rotatable bonds is 4. The minimum absolute atomic E-state index is 0.0179. The highest BCUT2D eigenvalue weighted by atomic mass is 19.3. The van der Waals surface area contributed by atoms with Gasteiger partial charge in [0.25, 0.3) is 0 Å². The Bertz CT molecular complexity index is 943. The third-order valence-corrected chi connectivity index (χ3v) is 4.44. The van der Waals surface area contributed by atoms with E-state index < -0.39 is 18.4 Å². The first-order chi connectivity index (χ1) is 12.9. The van der Waals surface area contributed by atoms with E-state index in [1.165, 1.54) is 18.9 Å². The minimum atomic E-state index is -3.61. The molecular weight excluding hydrogens is 358 g/mol. The number of hydrogen-bond acceptors (Lipinski definition) is 6. The summed E-state index contributed by atoms with van der Waals surface area (Å²) in [6.07, 6.45) is -4.63. The molecule has 1 unspecified atom stereocenters. The molecule has 2 aromatic heterocycles. The SMILES string of the molecule is COC1N(Cc2nc3ncccc3[nH]2)c2cccc([C@H](C)O)c2OC1(F)F.